The third-order valence-electron chi connectivity index (χ3n) is 3.62. The van der Waals surface area contributed by atoms with Gasteiger partial charge in [0.15, 0.2) is 6.17 Å². The van der Waals surface area contributed by atoms with Gasteiger partial charge in [0.05, 0.1) is 11.4 Å². The third kappa shape index (κ3) is 3.16. The highest BCUT2D eigenvalue weighted by Crippen LogP contribution is 2.30. The zero-order chi connectivity index (χ0) is 17.3. The standard InChI is InChI=1S/C17H14F3N3O/c18-17(19,20)10-23-13-9-5-4-8-12(13)14(22-15(21)16(23)24)11-6-2-1-3-7-11/h1-9,15H,10,21H2. The molecule has 24 heavy (non-hydrogen) atoms. The van der Waals surface area contributed by atoms with E-state index in [4.69, 9.17) is 5.73 Å². The molecule has 0 radical (unpaired) electrons. The summed E-state index contributed by atoms with van der Waals surface area (Å²) in [5, 5.41) is 0. The SMILES string of the molecule is NC1N=C(c2ccccc2)c2ccccc2N(CC(F)(F)F)C1=O. The number of fused-ring (bicyclic) bond motifs is 1. The van der Waals surface area contributed by atoms with Gasteiger partial charge >= 0.3 is 6.18 Å². The first-order valence-electron chi connectivity index (χ1n) is 7.23. The minimum absolute atomic E-state index is 0.148. The molecule has 4 nitrogen and oxygen atoms in total. The van der Waals surface area contributed by atoms with E-state index in [2.05, 4.69) is 4.99 Å². The van der Waals surface area contributed by atoms with Gasteiger partial charge in [-0.15, -0.1) is 0 Å². The maximum absolute atomic E-state index is 12.9. The summed E-state index contributed by atoms with van der Waals surface area (Å²) in [6.45, 7) is -1.41. The predicted molar refractivity (Wildman–Crippen MR) is 84.9 cm³/mol. The van der Waals surface area contributed by atoms with Gasteiger partial charge in [0, 0.05) is 11.1 Å². The number of carbonyl (C=O) groups excluding carboxylic acids is 1. The fraction of sp³-hybridized carbons (Fsp3) is 0.176. The first-order valence-corrected chi connectivity index (χ1v) is 7.23. The van der Waals surface area contributed by atoms with Crippen molar-refractivity contribution in [3.05, 3.63) is 65.7 Å². The molecule has 2 aromatic rings. The monoisotopic (exact) mass is 333 g/mol. The van der Waals surface area contributed by atoms with Gasteiger partial charge in [0.1, 0.15) is 6.54 Å². The number of nitrogens with two attached hydrogens (primary N) is 1. The van der Waals surface area contributed by atoms with Crippen molar-refractivity contribution in [3.8, 4) is 0 Å². The second-order valence-corrected chi connectivity index (χ2v) is 5.35. The van der Waals surface area contributed by atoms with E-state index in [0.717, 1.165) is 0 Å². The molecule has 1 heterocycles. The van der Waals surface area contributed by atoms with E-state index in [1.807, 2.05) is 6.07 Å². The number of para-hydroxylation sites is 1. The van der Waals surface area contributed by atoms with Crippen LogP contribution in [0.1, 0.15) is 11.1 Å². The van der Waals surface area contributed by atoms with Gasteiger partial charge in [-0.1, -0.05) is 48.5 Å². The molecule has 0 aliphatic carbocycles. The van der Waals surface area contributed by atoms with Crippen LogP contribution in [0.5, 0.6) is 0 Å². The maximum Gasteiger partial charge on any atom is 0.406 e. The Bertz CT molecular complexity index is 787. The molecule has 0 saturated heterocycles. The highest BCUT2D eigenvalue weighted by atomic mass is 19.4. The number of rotatable bonds is 2. The summed E-state index contributed by atoms with van der Waals surface area (Å²) in [7, 11) is 0. The number of hydrogen-bond donors (Lipinski definition) is 1. The Kier molecular flexibility index (Phi) is 4.11. The van der Waals surface area contributed by atoms with Crippen LogP contribution in [0.25, 0.3) is 0 Å². The van der Waals surface area contributed by atoms with Crippen LogP contribution in [-0.4, -0.2) is 30.5 Å². The van der Waals surface area contributed by atoms with Crippen LogP contribution < -0.4 is 10.6 Å². The summed E-state index contributed by atoms with van der Waals surface area (Å²) < 4.78 is 38.7. The van der Waals surface area contributed by atoms with E-state index in [0.29, 0.717) is 21.7 Å². The second kappa shape index (κ2) is 6.09. The van der Waals surface area contributed by atoms with Crippen LogP contribution in [0.3, 0.4) is 0 Å². The lowest BCUT2D eigenvalue weighted by Crippen LogP contribution is -2.46. The molecule has 0 fully saturated rings. The number of amides is 1. The van der Waals surface area contributed by atoms with Crippen LogP contribution in [0, 0.1) is 0 Å². The van der Waals surface area contributed by atoms with Crippen molar-refractivity contribution >= 4 is 17.3 Å². The molecule has 3 rings (SSSR count). The van der Waals surface area contributed by atoms with Crippen LogP contribution in [0.2, 0.25) is 0 Å². The Morgan fingerprint density at radius 3 is 2.33 bits per heavy atom. The van der Waals surface area contributed by atoms with Gasteiger partial charge in [0.2, 0.25) is 0 Å². The topological polar surface area (TPSA) is 58.7 Å². The summed E-state index contributed by atoms with van der Waals surface area (Å²) in [4.78, 5) is 17.2. The van der Waals surface area contributed by atoms with Crippen molar-refractivity contribution < 1.29 is 18.0 Å². The summed E-state index contributed by atoms with van der Waals surface area (Å²) in [6.07, 6.45) is -5.94. The normalized spacial score (nSPS) is 18.0. The molecular formula is C17H14F3N3O. The quantitative estimate of drug-likeness (QED) is 0.919. The van der Waals surface area contributed by atoms with Crippen LogP contribution in [-0.2, 0) is 4.79 Å². The first kappa shape index (κ1) is 16.2. The van der Waals surface area contributed by atoms with Crippen molar-refractivity contribution in [2.75, 3.05) is 11.4 Å². The van der Waals surface area contributed by atoms with Gasteiger partial charge < -0.3 is 5.73 Å². The summed E-state index contributed by atoms with van der Waals surface area (Å²) in [5.74, 6) is -0.884. The molecule has 1 aliphatic heterocycles. The lowest BCUT2D eigenvalue weighted by atomic mass is 10.0. The number of hydrogen-bond acceptors (Lipinski definition) is 3. The number of nitrogens with zero attached hydrogens (tertiary/aromatic N) is 2. The average molecular weight is 333 g/mol. The fourth-order valence-corrected chi connectivity index (χ4v) is 2.62. The molecule has 0 spiro atoms. The smallest absolute Gasteiger partial charge is 0.302 e. The van der Waals surface area contributed by atoms with Crippen molar-refractivity contribution in [2.45, 2.75) is 12.3 Å². The van der Waals surface area contributed by atoms with Crippen LogP contribution in [0.15, 0.2) is 59.6 Å². The summed E-state index contributed by atoms with van der Waals surface area (Å²) in [6, 6.07) is 15.3. The second-order valence-electron chi connectivity index (χ2n) is 5.35. The average Bonchev–Trinajstić information content (AvgIpc) is 2.65. The van der Waals surface area contributed by atoms with Crippen molar-refractivity contribution in [3.63, 3.8) is 0 Å². The Morgan fingerprint density at radius 1 is 1.04 bits per heavy atom. The molecule has 1 aliphatic rings. The molecule has 0 aromatic heterocycles. The predicted octanol–water partition coefficient (Wildman–Crippen LogP) is 2.72. The molecule has 1 amide bonds. The van der Waals surface area contributed by atoms with Crippen molar-refractivity contribution in [1.29, 1.82) is 0 Å². The Hall–Kier alpha value is -2.67. The Labute approximate surface area is 136 Å². The number of aliphatic imine (C=N–C) groups is 1. The molecular weight excluding hydrogens is 319 g/mol. The van der Waals surface area contributed by atoms with Crippen molar-refractivity contribution in [1.82, 2.24) is 0 Å². The lowest BCUT2D eigenvalue weighted by Gasteiger charge is -2.25. The fourth-order valence-electron chi connectivity index (χ4n) is 2.62. The molecule has 2 N–H and O–H groups in total. The van der Waals surface area contributed by atoms with Gasteiger partial charge in [-0.25, -0.2) is 0 Å². The van der Waals surface area contributed by atoms with Gasteiger partial charge in [-0.05, 0) is 6.07 Å². The highest BCUT2D eigenvalue weighted by molar-refractivity contribution is 6.20. The van der Waals surface area contributed by atoms with Gasteiger partial charge in [-0.3, -0.25) is 14.7 Å². The minimum Gasteiger partial charge on any atom is -0.302 e. The number of anilines is 1. The minimum atomic E-state index is -4.54. The first-order chi connectivity index (χ1) is 11.4. The maximum atomic E-state index is 12.9. The molecule has 1 unspecified atom stereocenters. The zero-order valence-electron chi connectivity index (χ0n) is 12.5. The van der Waals surface area contributed by atoms with Crippen molar-refractivity contribution in [2.24, 2.45) is 10.7 Å². The zero-order valence-corrected chi connectivity index (χ0v) is 12.5. The van der Waals surface area contributed by atoms with E-state index >= 15 is 0 Å². The van der Waals surface area contributed by atoms with Crippen LogP contribution in [0.4, 0.5) is 18.9 Å². The van der Waals surface area contributed by atoms with Gasteiger partial charge in [0.25, 0.3) is 5.91 Å². The lowest BCUT2D eigenvalue weighted by molar-refractivity contribution is -0.133. The molecule has 0 saturated carbocycles. The van der Waals surface area contributed by atoms with E-state index in [1.54, 1.807) is 42.5 Å². The number of benzodiazepines with no additional fused rings is 1. The Morgan fingerprint density at radius 2 is 1.67 bits per heavy atom. The Balaban J connectivity index is 2.17. The molecule has 1 atom stereocenters. The highest BCUT2D eigenvalue weighted by Gasteiger charge is 2.38. The number of alkyl halides is 3. The molecule has 2 aromatic carbocycles. The van der Waals surface area contributed by atoms with E-state index in [9.17, 15) is 18.0 Å². The summed E-state index contributed by atoms with van der Waals surface area (Å²) in [5.41, 5.74) is 7.42. The molecule has 124 valence electrons. The molecule has 0 bridgehead atoms. The third-order valence-corrected chi connectivity index (χ3v) is 3.62. The number of halogens is 3. The number of carbonyl (C=O) groups is 1. The van der Waals surface area contributed by atoms with E-state index in [-0.39, 0.29) is 5.69 Å². The van der Waals surface area contributed by atoms with E-state index in [1.165, 1.54) is 6.07 Å². The largest absolute Gasteiger partial charge is 0.406 e. The van der Waals surface area contributed by atoms with Gasteiger partial charge in [-0.2, -0.15) is 13.2 Å². The summed E-state index contributed by atoms with van der Waals surface area (Å²) >= 11 is 0. The molecule has 7 heteroatoms. The van der Waals surface area contributed by atoms with E-state index < -0.39 is 24.8 Å². The number of benzene rings is 2. The van der Waals surface area contributed by atoms with Crippen LogP contribution >= 0.6 is 0 Å².